The van der Waals surface area contributed by atoms with Crippen molar-refractivity contribution in [2.24, 2.45) is 4.99 Å². The molecule has 0 aliphatic carbocycles. The number of ether oxygens (including phenoxy) is 2. The van der Waals surface area contributed by atoms with Crippen LogP contribution in [0.3, 0.4) is 0 Å². The van der Waals surface area contributed by atoms with Gasteiger partial charge in [-0.2, -0.15) is 0 Å². The number of allylic oxidation sites excluding steroid dienone is 1. The Morgan fingerprint density at radius 3 is 2.12 bits per heavy atom. The first-order valence-corrected chi connectivity index (χ1v) is 11.9. The quantitative estimate of drug-likeness (QED) is 0.293. The van der Waals surface area contributed by atoms with Crippen molar-refractivity contribution >= 4 is 6.72 Å². The summed E-state index contributed by atoms with van der Waals surface area (Å²) in [6.45, 7) is 20.7. The van der Waals surface area contributed by atoms with Crippen molar-refractivity contribution in [1.29, 1.82) is 0 Å². The fourth-order valence-electron chi connectivity index (χ4n) is 2.75. The summed E-state index contributed by atoms with van der Waals surface area (Å²) in [5.41, 5.74) is 4.97. The molecule has 0 heterocycles. The lowest BCUT2D eigenvalue weighted by atomic mass is 10.0. The maximum Gasteiger partial charge on any atom is 0.119 e. The van der Waals surface area contributed by atoms with Gasteiger partial charge in [0.15, 0.2) is 0 Å². The first-order valence-electron chi connectivity index (χ1n) is 11.9. The molecule has 0 aromatic heterocycles. The van der Waals surface area contributed by atoms with E-state index in [9.17, 15) is 0 Å². The summed E-state index contributed by atoms with van der Waals surface area (Å²) in [6, 6.07) is 14.5. The molecule has 0 radical (unpaired) electrons. The lowest BCUT2D eigenvalue weighted by Crippen LogP contribution is -2.15. The van der Waals surface area contributed by atoms with Crippen molar-refractivity contribution in [3.8, 4) is 11.5 Å². The third-order valence-corrected chi connectivity index (χ3v) is 4.60. The molecule has 1 unspecified atom stereocenters. The molecule has 0 spiro atoms. The minimum Gasteiger partial charge on any atom is -0.493 e. The molecule has 0 fully saturated rings. The van der Waals surface area contributed by atoms with E-state index in [4.69, 9.17) is 14.6 Å². The number of benzene rings is 2. The van der Waals surface area contributed by atoms with Crippen molar-refractivity contribution in [2.45, 2.75) is 73.3 Å². The van der Waals surface area contributed by atoms with Gasteiger partial charge in [-0.15, -0.1) is 6.58 Å². The van der Waals surface area contributed by atoms with E-state index in [1.807, 2.05) is 39.0 Å². The molecule has 2 aromatic rings. The highest BCUT2D eigenvalue weighted by Gasteiger charge is 2.06. The number of hydrogen-bond donors (Lipinski definition) is 1. The third-order valence-electron chi connectivity index (χ3n) is 4.60. The summed E-state index contributed by atoms with van der Waals surface area (Å²) in [5.74, 6) is 1.80. The van der Waals surface area contributed by atoms with Crippen LogP contribution in [0.15, 0.2) is 59.6 Å². The van der Waals surface area contributed by atoms with Gasteiger partial charge in [-0.25, -0.2) is 0 Å². The van der Waals surface area contributed by atoms with Crippen molar-refractivity contribution in [2.75, 3.05) is 19.8 Å². The van der Waals surface area contributed by atoms with Crippen molar-refractivity contribution in [3.63, 3.8) is 0 Å². The summed E-state index contributed by atoms with van der Waals surface area (Å²) >= 11 is 0. The number of nitrogens with zero attached hydrogens (tertiary/aromatic N) is 1. The molecule has 4 nitrogen and oxygen atoms in total. The van der Waals surface area contributed by atoms with Crippen LogP contribution in [0.2, 0.25) is 0 Å². The molecule has 0 amide bonds. The van der Waals surface area contributed by atoms with E-state index in [0.29, 0.717) is 6.61 Å². The van der Waals surface area contributed by atoms with Crippen LogP contribution in [0, 0.1) is 6.92 Å². The lowest BCUT2D eigenvalue weighted by Gasteiger charge is -2.16. The van der Waals surface area contributed by atoms with Gasteiger partial charge in [0.1, 0.15) is 11.5 Å². The summed E-state index contributed by atoms with van der Waals surface area (Å²) in [6.07, 6.45) is 3.69. The van der Waals surface area contributed by atoms with Crippen molar-refractivity contribution < 1.29 is 14.6 Å². The normalized spacial score (nSPS) is 10.6. The zero-order chi connectivity index (χ0) is 25.1. The van der Waals surface area contributed by atoms with E-state index in [1.54, 1.807) is 0 Å². The average Bonchev–Trinajstić information content (AvgIpc) is 2.79. The monoisotopic (exact) mass is 455 g/mol. The first-order chi connectivity index (χ1) is 15.8. The Morgan fingerprint density at radius 1 is 1.06 bits per heavy atom. The Bertz CT molecular complexity index is 780. The summed E-state index contributed by atoms with van der Waals surface area (Å²) in [5, 5.41) is 8.94. The van der Waals surface area contributed by atoms with Gasteiger partial charge in [-0.1, -0.05) is 30.7 Å². The molecule has 1 atom stereocenters. The van der Waals surface area contributed by atoms with Crippen LogP contribution in [0.25, 0.3) is 0 Å². The molecule has 0 aliphatic rings. The number of aryl methyl sites for hydroxylation is 3. The number of aliphatic imine (C=N–C) groups is 1. The standard InChI is InChI=1S/C22H30O3.C4H8.C3H7N/c1-4-19-7-10-21(11-8-19)25-18(3)13-15-24-22-12-9-20(6-5-14-23)17(2)16-22;1-4(2)3;1-3-4-2/h7-12,16,18,23H,4-6,13-15H2,1-3H3;1H2,2-3H3;2-3H2,1H3. The zero-order valence-electron chi connectivity index (χ0n) is 21.7. The smallest absolute Gasteiger partial charge is 0.119 e. The highest BCUT2D eigenvalue weighted by molar-refractivity contribution is 5.35. The van der Waals surface area contributed by atoms with Crippen LogP contribution in [0.5, 0.6) is 11.5 Å². The van der Waals surface area contributed by atoms with Crippen LogP contribution >= 0.6 is 0 Å². The highest BCUT2D eigenvalue weighted by atomic mass is 16.5. The van der Waals surface area contributed by atoms with Gasteiger partial charge < -0.3 is 19.6 Å². The van der Waals surface area contributed by atoms with Gasteiger partial charge in [0.25, 0.3) is 0 Å². The average molecular weight is 456 g/mol. The maximum atomic E-state index is 8.94. The largest absolute Gasteiger partial charge is 0.493 e. The summed E-state index contributed by atoms with van der Waals surface area (Å²) < 4.78 is 11.8. The molecule has 2 aromatic carbocycles. The van der Waals surface area contributed by atoms with Gasteiger partial charge in [-0.3, -0.25) is 0 Å². The van der Waals surface area contributed by atoms with E-state index in [0.717, 1.165) is 43.7 Å². The Morgan fingerprint density at radius 2 is 1.64 bits per heavy atom. The Hall–Kier alpha value is -2.59. The predicted octanol–water partition coefficient (Wildman–Crippen LogP) is 7.01. The van der Waals surface area contributed by atoms with Crippen LogP contribution in [0.1, 0.15) is 64.2 Å². The predicted molar refractivity (Wildman–Crippen MR) is 143 cm³/mol. The molecular formula is C29H45NO3. The molecule has 184 valence electrons. The van der Waals surface area contributed by atoms with Gasteiger partial charge >= 0.3 is 0 Å². The number of aliphatic hydroxyl groups excluding tert-OH is 1. The van der Waals surface area contributed by atoms with E-state index < -0.39 is 0 Å². The van der Waals surface area contributed by atoms with E-state index in [1.165, 1.54) is 22.3 Å². The maximum absolute atomic E-state index is 8.94. The van der Waals surface area contributed by atoms with Crippen LogP contribution in [-0.2, 0) is 12.8 Å². The molecule has 1 N–H and O–H groups in total. The van der Waals surface area contributed by atoms with Gasteiger partial charge in [0, 0.05) is 19.6 Å². The highest BCUT2D eigenvalue weighted by Crippen LogP contribution is 2.19. The first kappa shape index (κ1) is 30.4. The number of aliphatic hydroxyl groups is 1. The van der Waals surface area contributed by atoms with Crippen LogP contribution in [-0.4, -0.2) is 37.7 Å². The minimum atomic E-state index is 0.109. The fraction of sp³-hybridized carbons (Fsp3) is 0.483. The zero-order valence-corrected chi connectivity index (χ0v) is 21.7. The molecule has 0 saturated heterocycles. The molecule has 33 heavy (non-hydrogen) atoms. The topological polar surface area (TPSA) is 51.0 Å². The second-order valence-corrected chi connectivity index (χ2v) is 8.23. The minimum absolute atomic E-state index is 0.109. The van der Waals surface area contributed by atoms with Crippen LogP contribution < -0.4 is 9.47 Å². The second kappa shape index (κ2) is 18.9. The Kier molecular flexibility index (Phi) is 17.4. The number of rotatable bonds is 11. The van der Waals surface area contributed by atoms with Gasteiger partial charge in [0.05, 0.1) is 12.7 Å². The SMILES string of the molecule is C=C(C)C.C=NCC.CCc1ccc(OC(C)CCOc2ccc(CCCO)c(C)c2)cc1. The van der Waals surface area contributed by atoms with E-state index in [2.05, 4.69) is 63.3 Å². The molecular weight excluding hydrogens is 410 g/mol. The van der Waals surface area contributed by atoms with Gasteiger partial charge in [0.2, 0.25) is 0 Å². The van der Waals surface area contributed by atoms with Crippen molar-refractivity contribution in [1.82, 2.24) is 0 Å². The second-order valence-electron chi connectivity index (χ2n) is 8.23. The Balaban J connectivity index is 0.00000111. The van der Waals surface area contributed by atoms with Crippen LogP contribution in [0.4, 0.5) is 0 Å². The molecule has 4 heteroatoms. The molecule has 0 bridgehead atoms. The Labute approximate surface area is 202 Å². The molecule has 2 rings (SSSR count). The number of hydrogen-bond acceptors (Lipinski definition) is 4. The lowest BCUT2D eigenvalue weighted by molar-refractivity contribution is 0.177. The molecule has 0 saturated carbocycles. The summed E-state index contributed by atoms with van der Waals surface area (Å²) in [4.78, 5) is 3.49. The van der Waals surface area contributed by atoms with E-state index in [-0.39, 0.29) is 12.7 Å². The third kappa shape index (κ3) is 15.8. The summed E-state index contributed by atoms with van der Waals surface area (Å²) in [7, 11) is 0. The van der Waals surface area contributed by atoms with Gasteiger partial charge in [-0.05, 0) is 102 Å². The fourth-order valence-corrected chi connectivity index (χ4v) is 2.75. The van der Waals surface area contributed by atoms with Crippen molar-refractivity contribution in [3.05, 3.63) is 71.3 Å². The van der Waals surface area contributed by atoms with E-state index >= 15 is 0 Å². The molecule has 0 aliphatic heterocycles.